The van der Waals surface area contributed by atoms with Crippen LogP contribution in [0.5, 0.6) is 0 Å². The maximum absolute atomic E-state index is 9.91. The van der Waals surface area contributed by atoms with Crippen LogP contribution in [0.3, 0.4) is 0 Å². The van der Waals surface area contributed by atoms with Gasteiger partial charge in [-0.25, -0.2) is 9.41 Å². The molecule has 0 aliphatic carbocycles. The van der Waals surface area contributed by atoms with Gasteiger partial charge in [0, 0.05) is 28.5 Å². The highest BCUT2D eigenvalue weighted by Gasteiger charge is 2.24. The lowest BCUT2D eigenvalue weighted by molar-refractivity contribution is -0.660. The Morgan fingerprint density at radius 3 is 2.28 bits per heavy atom. The van der Waals surface area contributed by atoms with E-state index < -0.39 is 0 Å². The minimum absolute atomic E-state index is 0.499. The van der Waals surface area contributed by atoms with Crippen molar-refractivity contribution in [2.24, 2.45) is 7.05 Å². The molecule has 0 radical (unpaired) electrons. The summed E-state index contributed by atoms with van der Waals surface area (Å²) >= 11 is 0. The lowest BCUT2D eigenvalue weighted by Crippen LogP contribution is -2.30. The van der Waals surface area contributed by atoms with Crippen LogP contribution in [0, 0.1) is 31.8 Å². The molecular formula is C28H20N3O+. The minimum atomic E-state index is 0.499. The van der Waals surface area contributed by atoms with E-state index in [4.69, 9.17) is 11.0 Å². The molecule has 2 heterocycles. The van der Waals surface area contributed by atoms with Crippen LogP contribution in [0.4, 0.5) is 5.69 Å². The monoisotopic (exact) mass is 414 g/mol. The Bertz CT molecular complexity index is 1630. The van der Waals surface area contributed by atoms with E-state index in [2.05, 4.69) is 40.6 Å². The van der Waals surface area contributed by atoms with Crippen LogP contribution in [0.15, 0.2) is 71.3 Å². The molecule has 2 aromatic heterocycles. The molecule has 5 aromatic rings. The molecule has 0 saturated carbocycles. The third-order valence-corrected chi connectivity index (χ3v) is 6.07. The average molecular weight is 414 g/mol. The second-order valence-electron chi connectivity index (χ2n) is 7.99. The van der Waals surface area contributed by atoms with Crippen molar-refractivity contribution in [3.63, 3.8) is 0 Å². The van der Waals surface area contributed by atoms with Gasteiger partial charge in [0.1, 0.15) is 18.2 Å². The second-order valence-corrected chi connectivity index (χ2v) is 7.99. The Balaban J connectivity index is 1.97. The van der Waals surface area contributed by atoms with Crippen LogP contribution in [0.25, 0.3) is 49.2 Å². The number of aryl methyl sites for hydroxylation is 3. The van der Waals surface area contributed by atoms with Gasteiger partial charge in [-0.1, -0.05) is 35.9 Å². The lowest BCUT2D eigenvalue weighted by Gasteiger charge is -2.11. The predicted octanol–water partition coefficient (Wildman–Crippen LogP) is 6.78. The van der Waals surface area contributed by atoms with Crippen LogP contribution in [-0.2, 0) is 7.05 Å². The maximum Gasteiger partial charge on any atom is 0.216 e. The predicted molar refractivity (Wildman–Crippen MR) is 126 cm³/mol. The van der Waals surface area contributed by atoms with Gasteiger partial charge in [0.25, 0.3) is 0 Å². The molecule has 0 amide bonds. The Morgan fingerprint density at radius 1 is 0.844 bits per heavy atom. The summed E-state index contributed by atoms with van der Waals surface area (Å²) in [6.07, 6.45) is 2.02. The number of aromatic nitrogens is 1. The van der Waals surface area contributed by atoms with Crippen molar-refractivity contribution in [3.8, 4) is 28.5 Å². The second kappa shape index (κ2) is 7.38. The molecule has 0 fully saturated rings. The number of fused-ring (bicyclic) bond motifs is 3. The summed E-state index contributed by atoms with van der Waals surface area (Å²) in [4.78, 5) is 3.73. The third kappa shape index (κ3) is 2.78. The Labute approximate surface area is 186 Å². The first kappa shape index (κ1) is 19.5. The molecule has 152 valence electrons. The van der Waals surface area contributed by atoms with E-state index in [0.29, 0.717) is 22.4 Å². The number of hydrogen-bond donors (Lipinski definition) is 0. The van der Waals surface area contributed by atoms with Crippen molar-refractivity contribution in [3.05, 3.63) is 95.0 Å². The highest BCUT2D eigenvalue weighted by atomic mass is 16.3. The average Bonchev–Trinajstić information content (AvgIpc) is 3.17. The molecule has 4 nitrogen and oxygen atoms in total. The van der Waals surface area contributed by atoms with E-state index in [1.807, 2.05) is 56.6 Å². The van der Waals surface area contributed by atoms with Crippen LogP contribution >= 0.6 is 0 Å². The molecule has 0 N–H and O–H groups in total. The van der Waals surface area contributed by atoms with E-state index >= 15 is 0 Å². The highest BCUT2D eigenvalue weighted by molar-refractivity contribution is 6.14. The molecule has 0 spiro atoms. The summed E-state index contributed by atoms with van der Waals surface area (Å²) in [5.41, 5.74) is 8.01. The van der Waals surface area contributed by atoms with E-state index in [1.54, 1.807) is 6.07 Å². The van der Waals surface area contributed by atoms with Gasteiger partial charge in [-0.15, -0.1) is 0 Å². The number of rotatable bonds is 2. The quantitative estimate of drug-likeness (QED) is 0.236. The van der Waals surface area contributed by atoms with E-state index in [0.717, 1.165) is 44.3 Å². The molecule has 0 unspecified atom stereocenters. The molecule has 0 bridgehead atoms. The highest BCUT2D eigenvalue weighted by Crippen LogP contribution is 2.44. The van der Waals surface area contributed by atoms with Crippen molar-refractivity contribution in [1.29, 1.82) is 5.26 Å². The zero-order valence-corrected chi connectivity index (χ0v) is 18.1. The molecule has 0 saturated heterocycles. The molecule has 0 aliphatic heterocycles. The summed E-state index contributed by atoms with van der Waals surface area (Å²) in [7, 11) is 2.02. The van der Waals surface area contributed by atoms with Gasteiger partial charge in [0.05, 0.1) is 23.8 Å². The van der Waals surface area contributed by atoms with Crippen LogP contribution in [0.2, 0.25) is 0 Å². The van der Waals surface area contributed by atoms with Gasteiger partial charge in [0.2, 0.25) is 5.69 Å². The third-order valence-electron chi connectivity index (χ3n) is 6.07. The van der Waals surface area contributed by atoms with Gasteiger partial charge in [-0.2, -0.15) is 5.26 Å². The fourth-order valence-corrected chi connectivity index (χ4v) is 4.52. The Morgan fingerprint density at radius 2 is 1.56 bits per heavy atom. The largest absolute Gasteiger partial charge is 0.455 e. The number of benzene rings is 3. The summed E-state index contributed by atoms with van der Waals surface area (Å²) in [5.74, 6) is 0. The fourth-order valence-electron chi connectivity index (χ4n) is 4.52. The van der Waals surface area contributed by atoms with Gasteiger partial charge >= 0.3 is 0 Å². The number of nitriles is 1. The smallest absolute Gasteiger partial charge is 0.216 e. The SMILES string of the molecule is [C-]#[N+]c1cccc(C)c1-c1c(C#N)ccc2c1oc1c(-c3cccc[n+]3C)c(C)ccc12. The molecule has 5 rings (SSSR count). The molecule has 32 heavy (non-hydrogen) atoms. The first-order chi connectivity index (χ1) is 15.5. The van der Waals surface area contributed by atoms with E-state index in [1.165, 1.54) is 0 Å². The van der Waals surface area contributed by atoms with Crippen molar-refractivity contribution >= 4 is 27.6 Å². The molecule has 3 aromatic carbocycles. The number of furan rings is 1. The fraction of sp³-hybridized carbons (Fsp3) is 0.107. The number of pyridine rings is 1. The van der Waals surface area contributed by atoms with Gasteiger partial charge < -0.3 is 4.42 Å². The van der Waals surface area contributed by atoms with Gasteiger partial charge in [-0.3, -0.25) is 0 Å². The molecule has 0 aliphatic rings. The van der Waals surface area contributed by atoms with Crippen LogP contribution in [0.1, 0.15) is 16.7 Å². The first-order valence-electron chi connectivity index (χ1n) is 10.4. The topological polar surface area (TPSA) is 45.2 Å². The number of hydrogen-bond acceptors (Lipinski definition) is 2. The molecule has 4 heteroatoms. The Kier molecular flexibility index (Phi) is 4.51. The Hall–Kier alpha value is -4.41. The van der Waals surface area contributed by atoms with Crippen LogP contribution in [-0.4, -0.2) is 0 Å². The van der Waals surface area contributed by atoms with Gasteiger partial charge in [-0.05, 0) is 43.2 Å². The zero-order chi connectivity index (χ0) is 22.4. The summed E-state index contributed by atoms with van der Waals surface area (Å²) in [6.45, 7) is 11.7. The van der Waals surface area contributed by atoms with Crippen molar-refractivity contribution in [2.75, 3.05) is 0 Å². The van der Waals surface area contributed by atoms with Gasteiger partial charge in [0.15, 0.2) is 11.9 Å². The standard InChI is InChI=1S/C28H20N3O/c1-17-8-7-9-22(30-3)24(17)26-19(16-29)12-14-21-20-13-11-18(2)25(27(20)32-28(21)26)23-10-5-6-15-31(23)4/h5-15H,1-2,4H3/q+1. The maximum atomic E-state index is 9.91. The van der Waals surface area contributed by atoms with Crippen molar-refractivity contribution < 1.29 is 8.98 Å². The minimum Gasteiger partial charge on any atom is -0.455 e. The normalized spacial score (nSPS) is 10.9. The molecule has 0 atom stereocenters. The zero-order valence-electron chi connectivity index (χ0n) is 18.1. The lowest BCUT2D eigenvalue weighted by atomic mass is 9.92. The molecular weight excluding hydrogens is 394 g/mol. The summed E-state index contributed by atoms with van der Waals surface area (Å²) < 4.78 is 8.67. The number of nitrogens with zero attached hydrogens (tertiary/aromatic N) is 3. The van der Waals surface area contributed by atoms with Crippen molar-refractivity contribution in [2.45, 2.75) is 13.8 Å². The van der Waals surface area contributed by atoms with Crippen LogP contribution < -0.4 is 4.57 Å². The first-order valence-corrected chi connectivity index (χ1v) is 10.4. The van der Waals surface area contributed by atoms with E-state index in [9.17, 15) is 5.26 Å². The van der Waals surface area contributed by atoms with Crippen molar-refractivity contribution in [1.82, 2.24) is 0 Å². The van der Waals surface area contributed by atoms with E-state index in [-0.39, 0.29) is 0 Å². The summed E-state index contributed by atoms with van der Waals surface area (Å²) in [6, 6.07) is 22.0. The summed E-state index contributed by atoms with van der Waals surface area (Å²) in [5, 5.41) is 11.8.